The number of hydrogen-bond acceptors (Lipinski definition) is 8. The average molecular weight is 600 g/mol. The molecule has 0 fully saturated rings. The van der Waals surface area contributed by atoms with E-state index in [2.05, 4.69) is 20.9 Å². The van der Waals surface area contributed by atoms with E-state index in [1.807, 2.05) is 6.92 Å². The number of rotatable bonds is 13. The van der Waals surface area contributed by atoms with E-state index in [9.17, 15) is 40.7 Å². The molecule has 0 unspecified atom stereocenters. The number of aliphatic imine (C=N–C) groups is 1. The zero-order chi connectivity index (χ0) is 32.1. The van der Waals surface area contributed by atoms with Crippen LogP contribution in [0.15, 0.2) is 4.99 Å². The number of nitrogens with two attached hydrogens (primary N) is 3. The molecule has 2 atom stereocenters. The number of carboxylic acids is 2. The summed E-state index contributed by atoms with van der Waals surface area (Å²) >= 11 is 0. The zero-order valence-corrected chi connectivity index (χ0v) is 21.7. The first-order valence-electron chi connectivity index (χ1n) is 11.4. The quantitative estimate of drug-likeness (QED) is 0.0583. The van der Waals surface area contributed by atoms with Crippen LogP contribution in [0, 0.1) is 0 Å². The van der Waals surface area contributed by atoms with Gasteiger partial charge in [-0.15, -0.1) is 0 Å². The van der Waals surface area contributed by atoms with E-state index in [1.54, 1.807) is 0 Å². The molecule has 14 nitrogen and oxygen atoms in total. The second kappa shape index (κ2) is 21.2. The molecule has 0 spiro atoms. The number of unbranched alkanes of at least 4 members (excludes halogenated alkanes) is 1. The van der Waals surface area contributed by atoms with Crippen molar-refractivity contribution in [2.75, 3.05) is 19.6 Å². The van der Waals surface area contributed by atoms with Gasteiger partial charge in [0.15, 0.2) is 5.96 Å². The summed E-state index contributed by atoms with van der Waals surface area (Å²) in [5.41, 5.74) is 16.1. The molecule has 0 aromatic rings. The smallest absolute Gasteiger partial charge is 0.475 e. The zero-order valence-electron chi connectivity index (χ0n) is 21.7. The maximum atomic E-state index is 12.6. The van der Waals surface area contributed by atoms with E-state index in [4.69, 9.17) is 37.0 Å². The van der Waals surface area contributed by atoms with Gasteiger partial charge in [0.1, 0.15) is 6.04 Å². The van der Waals surface area contributed by atoms with Gasteiger partial charge < -0.3 is 38.0 Å². The number of carbonyl (C=O) groups excluding carboxylic acids is 3. The molecule has 234 valence electrons. The first-order valence-corrected chi connectivity index (χ1v) is 11.4. The van der Waals surface area contributed by atoms with Crippen LogP contribution in [0.4, 0.5) is 26.3 Å². The summed E-state index contributed by atoms with van der Waals surface area (Å²) < 4.78 is 63.5. The molecule has 0 bridgehead atoms. The van der Waals surface area contributed by atoms with E-state index < -0.39 is 48.2 Å². The summed E-state index contributed by atoms with van der Waals surface area (Å²) in [5.74, 6) is -6.89. The van der Waals surface area contributed by atoms with Crippen LogP contribution in [0.3, 0.4) is 0 Å². The lowest BCUT2D eigenvalue weighted by Crippen LogP contribution is -2.53. The number of carboxylic acid groups (broad SMARTS) is 2. The number of alkyl halides is 6. The van der Waals surface area contributed by atoms with Crippen molar-refractivity contribution in [2.45, 2.75) is 70.4 Å². The number of guanidine groups is 1. The summed E-state index contributed by atoms with van der Waals surface area (Å²) in [7, 11) is 0. The van der Waals surface area contributed by atoms with E-state index in [-0.39, 0.29) is 18.4 Å². The number of imide groups is 1. The highest BCUT2D eigenvalue weighted by Crippen LogP contribution is 2.13. The fourth-order valence-corrected chi connectivity index (χ4v) is 2.26. The predicted molar refractivity (Wildman–Crippen MR) is 128 cm³/mol. The van der Waals surface area contributed by atoms with E-state index >= 15 is 0 Å². The van der Waals surface area contributed by atoms with Crippen molar-refractivity contribution < 1.29 is 60.5 Å². The number of carbonyl (C=O) groups is 5. The lowest BCUT2D eigenvalue weighted by molar-refractivity contribution is -0.193. The van der Waals surface area contributed by atoms with Crippen LogP contribution in [0.5, 0.6) is 0 Å². The third-order valence-electron chi connectivity index (χ3n) is 4.03. The number of aliphatic carboxylic acids is 2. The number of amides is 3. The van der Waals surface area contributed by atoms with Crippen molar-refractivity contribution in [2.24, 2.45) is 22.2 Å². The molecule has 0 radical (unpaired) electrons. The van der Waals surface area contributed by atoms with Crippen LogP contribution in [-0.4, -0.2) is 89.9 Å². The van der Waals surface area contributed by atoms with Gasteiger partial charge in [0, 0.05) is 13.5 Å². The van der Waals surface area contributed by atoms with Crippen LogP contribution >= 0.6 is 0 Å². The van der Waals surface area contributed by atoms with Crippen LogP contribution in [0.2, 0.25) is 0 Å². The van der Waals surface area contributed by atoms with Gasteiger partial charge in [-0.1, -0.05) is 6.92 Å². The lowest BCUT2D eigenvalue weighted by atomic mass is 10.1. The van der Waals surface area contributed by atoms with Gasteiger partial charge in [0.2, 0.25) is 17.7 Å². The Morgan fingerprint density at radius 2 is 1.32 bits per heavy atom. The number of nitrogens with zero attached hydrogens (tertiary/aromatic N) is 1. The Balaban J connectivity index is -0.000000795. The summed E-state index contributed by atoms with van der Waals surface area (Å²) in [6.07, 6.45) is -7.16. The molecule has 40 heavy (non-hydrogen) atoms. The highest BCUT2D eigenvalue weighted by atomic mass is 19.4. The predicted octanol–water partition coefficient (Wildman–Crippen LogP) is -0.439. The largest absolute Gasteiger partial charge is 0.490 e. The Kier molecular flexibility index (Phi) is 21.6. The van der Waals surface area contributed by atoms with Gasteiger partial charge >= 0.3 is 24.3 Å². The SMILES string of the molecule is CCCN[C@@H](CCN=C(N)N)C(=O)N[C@@H](CCCCN)C(=O)NC(C)=O.O=C(O)C(F)(F)F.O=C(O)C(F)(F)F. The van der Waals surface area contributed by atoms with Crippen LogP contribution in [0.1, 0.15) is 46.0 Å². The van der Waals surface area contributed by atoms with Gasteiger partial charge in [-0.25, -0.2) is 9.59 Å². The fourth-order valence-electron chi connectivity index (χ4n) is 2.26. The molecule has 0 saturated heterocycles. The lowest BCUT2D eigenvalue weighted by Gasteiger charge is -2.22. The number of nitrogens with one attached hydrogen (secondary N) is 3. The Bertz CT molecular complexity index is 811. The maximum absolute atomic E-state index is 12.6. The molecule has 3 amide bonds. The van der Waals surface area contributed by atoms with Crippen LogP contribution < -0.4 is 33.2 Å². The first-order chi connectivity index (χ1) is 18.2. The second-order valence-electron chi connectivity index (χ2n) is 7.60. The summed E-state index contributed by atoms with van der Waals surface area (Å²) in [4.78, 5) is 57.6. The monoisotopic (exact) mass is 599 g/mol. The van der Waals surface area contributed by atoms with E-state index in [1.165, 1.54) is 6.92 Å². The van der Waals surface area contributed by atoms with Gasteiger partial charge in [-0.05, 0) is 45.2 Å². The molecule has 0 saturated carbocycles. The molecule has 0 rings (SSSR count). The van der Waals surface area contributed by atoms with E-state index in [0.717, 1.165) is 12.8 Å². The third-order valence-corrected chi connectivity index (χ3v) is 4.03. The van der Waals surface area contributed by atoms with Crippen molar-refractivity contribution in [1.82, 2.24) is 16.0 Å². The summed E-state index contributed by atoms with van der Waals surface area (Å²) in [6, 6.07) is -1.34. The van der Waals surface area contributed by atoms with Crippen molar-refractivity contribution in [3.63, 3.8) is 0 Å². The molecular formula is C20H35F6N7O7. The molecule has 0 aromatic heterocycles. The van der Waals surface area contributed by atoms with Gasteiger partial charge in [0.05, 0.1) is 6.04 Å². The molecular weight excluding hydrogens is 564 g/mol. The summed E-state index contributed by atoms with van der Waals surface area (Å²) in [6.45, 7) is 4.64. The van der Waals surface area contributed by atoms with Gasteiger partial charge in [-0.3, -0.25) is 24.7 Å². The minimum atomic E-state index is -5.08. The van der Waals surface area contributed by atoms with E-state index in [0.29, 0.717) is 32.4 Å². The third kappa shape index (κ3) is 24.6. The standard InChI is InChI=1S/C16H33N7O3.2C2HF3O2/c1-3-9-20-12(7-10-21-16(18)19)14(25)23-13(6-4-5-8-17)15(26)22-11(2)24;2*3-2(4,5)1(6)7/h12-13,20H,3-10,17H2,1-2H3,(H,23,25)(H4,18,19,21)(H,22,24,26);2*(H,6,7)/t12-,13-;;/m0../s1. The molecule has 0 heterocycles. The van der Waals surface area contributed by atoms with Crippen molar-refractivity contribution >= 4 is 35.6 Å². The van der Waals surface area contributed by atoms with Crippen molar-refractivity contribution in [3.05, 3.63) is 0 Å². The Morgan fingerprint density at radius 1 is 0.850 bits per heavy atom. The van der Waals surface area contributed by atoms with Crippen LogP contribution in [-0.2, 0) is 24.0 Å². The van der Waals surface area contributed by atoms with Gasteiger partial charge in [-0.2, -0.15) is 26.3 Å². The average Bonchev–Trinajstić information content (AvgIpc) is 2.79. The maximum Gasteiger partial charge on any atom is 0.490 e. The Morgan fingerprint density at radius 3 is 1.68 bits per heavy atom. The molecule has 11 N–H and O–H groups in total. The van der Waals surface area contributed by atoms with Crippen LogP contribution in [0.25, 0.3) is 0 Å². The number of hydrogen-bond donors (Lipinski definition) is 8. The van der Waals surface area contributed by atoms with Crippen molar-refractivity contribution in [1.29, 1.82) is 0 Å². The molecule has 0 aliphatic rings. The minimum absolute atomic E-state index is 0.0415. The molecule has 0 aliphatic carbocycles. The first kappa shape index (κ1) is 40.8. The number of halogens is 6. The van der Waals surface area contributed by atoms with Crippen molar-refractivity contribution in [3.8, 4) is 0 Å². The fraction of sp³-hybridized carbons (Fsp3) is 0.700. The minimum Gasteiger partial charge on any atom is -0.475 e. The summed E-state index contributed by atoms with van der Waals surface area (Å²) in [5, 5.41) is 22.3. The van der Waals surface area contributed by atoms with Gasteiger partial charge in [0.25, 0.3) is 0 Å². The Hall–Kier alpha value is -3.68. The Labute approximate surface area is 225 Å². The molecule has 0 aliphatic heterocycles. The molecule has 0 aromatic carbocycles. The highest BCUT2D eigenvalue weighted by Gasteiger charge is 2.38. The normalized spacial score (nSPS) is 12.2. The second-order valence-corrected chi connectivity index (χ2v) is 7.60. The molecule has 20 heteroatoms. The highest BCUT2D eigenvalue weighted by molar-refractivity contribution is 5.98. The topological polar surface area (TPSA) is 252 Å².